The summed E-state index contributed by atoms with van der Waals surface area (Å²) >= 11 is 0. The molecular weight excluding hydrogens is 392 g/mol. The molecule has 0 saturated heterocycles. The lowest BCUT2D eigenvalue weighted by Crippen LogP contribution is -2.37. The van der Waals surface area contributed by atoms with E-state index in [4.69, 9.17) is 9.84 Å². The number of ether oxygens (including phenoxy) is 1. The Balaban J connectivity index is 1.57. The second kappa shape index (κ2) is 9.25. The molecule has 0 radical (unpaired) electrons. The molecule has 2 aromatic carbocycles. The van der Waals surface area contributed by atoms with Crippen molar-refractivity contribution in [2.75, 3.05) is 0 Å². The average Bonchev–Trinajstić information content (AvgIpc) is 2.98. The molecule has 1 aromatic heterocycles. The van der Waals surface area contributed by atoms with Crippen LogP contribution in [-0.2, 0) is 31.2 Å². The molecule has 0 unspecified atom stereocenters. The SMILES string of the molecule is Cc1ccc(Cn2cc(CCCc3ccc(OC(C)(C)C(=O)O)cc3)n(C)c2=O)cc1. The molecular formula is C25H30N2O4. The minimum absolute atomic E-state index is 0.00174. The van der Waals surface area contributed by atoms with E-state index in [2.05, 4.69) is 24.3 Å². The molecule has 0 bridgehead atoms. The van der Waals surface area contributed by atoms with E-state index in [1.54, 1.807) is 21.3 Å². The van der Waals surface area contributed by atoms with Crippen LogP contribution in [-0.4, -0.2) is 25.8 Å². The minimum Gasteiger partial charge on any atom is -0.478 e. The van der Waals surface area contributed by atoms with Crippen LogP contribution in [0.15, 0.2) is 59.5 Å². The van der Waals surface area contributed by atoms with Crippen molar-refractivity contribution in [2.45, 2.75) is 52.2 Å². The molecule has 31 heavy (non-hydrogen) atoms. The number of nitrogens with zero attached hydrogens (tertiary/aromatic N) is 2. The first-order valence-electron chi connectivity index (χ1n) is 10.5. The number of aryl methyl sites for hydroxylation is 3. The number of imidazole rings is 1. The molecule has 6 heteroatoms. The van der Waals surface area contributed by atoms with E-state index in [0.29, 0.717) is 12.3 Å². The summed E-state index contributed by atoms with van der Waals surface area (Å²) in [6, 6.07) is 15.7. The third-order valence-corrected chi connectivity index (χ3v) is 5.45. The zero-order chi connectivity index (χ0) is 22.6. The zero-order valence-electron chi connectivity index (χ0n) is 18.6. The van der Waals surface area contributed by atoms with Crippen molar-refractivity contribution in [3.63, 3.8) is 0 Å². The van der Waals surface area contributed by atoms with Crippen LogP contribution in [0.4, 0.5) is 0 Å². The van der Waals surface area contributed by atoms with Gasteiger partial charge >= 0.3 is 11.7 Å². The highest BCUT2D eigenvalue weighted by atomic mass is 16.5. The van der Waals surface area contributed by atoms with Crippen molar-refractivity contribution in [1.82, 2.24) is 9.13 Å². The molecule has 0 spiro atoms. The summed E-state index contributed by atoms with van der Waals surface area (Å²) in [5.74, 6) is -0.469. The molecule has 0 amide bonds. The predicted molar refractivity (Wildman–Crippen MR) is 121 cm³/mol. The van der Waals surface area contributed by atoms with Crippen molar-refractivity contribution in [1.29, 1.82) is 0 Å². The maximum absolute atomic E-state index is 12.6. The Labute approximate surface area is 182 Å². The Morgan fingerprint density at radius 1 is 1.00 bits per heavy atom. The Morgan fingerprint density at radius 2 is 1.61 bits per heavy atom. The highest BCUT2D eigenvalue weighted by molar-refractivity contribution is 5.76. The van der Waals surface area contributed by atoms with Gasteiger partial charge in [0.25, 0.3) is 0 Å². The number of aliphatic carboxylic acids is 1. The Hall–Kier alpha value is -3.28. The smallest absolute Gasteiger partial charge is 0.347 e. The topological polar surface area (TPSA) is 73.5 Å². The highest BCUT2D eigenvalue weighted by Gasteiger charge is 2.29. The number of hydrogen-bond donors (Lipinski definition) is 1. The Kier molecular flexibility index (Phi) is 6.68. The largest absolute Gasteiger partial charge is 0.478 e. The Morgan fingerprint density at radius 3 is 2.23 bits per heavy atom. The number of carboxylic acids is 1. The van der Waals surface area contributed by atoms with Crippen LogP contribution < -0.4 is 10.4 Å². The lowest BCUT2D eigenvalue weighted by Gasteiger charge is -2.21. The van der Waals surface area contributed by atoms with E-state index >= 15 is 0 Å². The first-order valence-corrected chi connectivity index (χ1v) is 10.5. The van der Waals surface area contributed by atoms with E-state index in [0.717, 1.165) is 36.1 Å². The monoisotopic (exact) mass is 422 g/mol. The van der Waals surface area contributed by atoms with Crippen molar-refractivity contribution in [2.24, 2.45) is 7.05 Å². The first kappa shape index (κ1) is 22.4. The third-order valence-electron chi connectivity index (χ3n) is 5.45. The number of carboxylic acid groups (broad SMARTS) is 1. The van der Waals surface area contributed by atoms with Gasteiger partial charge in [-0.1, -0.05) is 42.0 Å². The summed E-state index contributed by atoms with van der Waals surface area (Å²) in [4.78, 5) is 23.8. The highest BCUT2D eigenvalue weighted by Crippen LogP contribution is 2.20. The number of hydrogen-bond acceptors (Lipinski definition) is 3. The van der Waals surface area contributed by atoms with E-state index in [1.807, 2.05) is 32.3 Å². The van der Waals surface area contributed by atoms with Crippen LogP contribution in [0.5, 0.6) is 5.75 Å². The fourth-order valence-corrected chi connectivity index (χ4v) is 3.41. The summed E-state index contributed by atoms with van der Waals surface area (Å²) < 4.78 is 9.02. The van der Waals surface area contributed by atoms with Crippen molar-refractivity contribution in [3.8, 4) is 5.75 Å². The number of benzene rings is 2. The standard InChI is InChI=1S/C25H30N2O4/c1-18-8-10-20(11-9-18)16-27-17-21(26(4)24(27)30)7-5-6-19-12-14-22(15-13-19)31-25(2,3)23(28)29/h8-15,17H,5-7,16H2,1-4H3,(H,28,29). The zero-order valence-corrected chi connectivity index (χ0v) is 18.6. The van der Waals surface area contributed by atoms with Crippen molar-refractivity contribution >= 4 is 5.97 Å². The number of aromatic nitrogens is 2. The van der Waals surface area contributed by atoms with Gasteiger partial charge in [-0.15, -0.1) is 0 Å². The van der Waals surface area contributed by atoms with Crippen LogP contribution in [0, 0.1) is 6.92 Å². The summed E-state index contributed by atoms with van der Waals surface area (Å²) in [7, 11) is 1.82. The summed E-state index contributed by atoms with van der Waals surface area (Å²) in [6.45, 7) is 5.67. The van der Waals surface area contributed by atoms with Gasteiger partial charge in [-0.2, -0.15) is 0 Å². The van der Waals surface area contributed by atoms with Crippen LogP contribution in [0.2, 0.25) is 0 Å². The fraction of sp³-hybridized carbons (Fsp3) is 0.360. The van der Waals surface area contributed by atoms with Gasteiger partial charge in [0.2, 0.25) is 0 Å². The van der Waals surface area contributed by atoms with Gasteiger partial charge in [-0.3, -0.25) is 9.13 Å². The van der Waals surface area contributed by atoms with Crippen LogP contribution in [0.1, 0.15) is 42.7 Å². The van der Waals surface area contributed by atoms with Crippen LogP contribution >= 0.6 is 0 Å². The molecule has 0 atom stereocenters. The van der Waals surface area contributed by atoms with Gasteiger partial charge < -0.3 is 9.84 Å². The molecule has 0 aliphatic carbocycles. The van der Waals surface area contributed by atoms with Gasteiger partial charge in [0.15, 0.2) is 5.60 Å². The van der Waals surface area contributed by atoms with Gasteiger partial charge in [0.1, 0.15) is 5.75 Å². The van der Waals surface area contributed by atoms with Gasteiger partial charge in [-0.05, 0) is 63.3 Å². The van der Waals surface area contributed by atoms with E-state index in [1.165, 1.54) is 19.4 Å². The molecule has 0 fully saturated rings. The maximum Gasteiger partial charge on any atom is 0.347 e. The van der Waals surface area contributed by atoms with Crippen LogP contribution in [0.3, 0.4) is 0 Å². The molecule has 3 aromatic rings. The van der Waals surface area contributed by atoms with Crippen molar-refractivity contribution < 1.29 is 14.6 Å². The normalized spacial score (nSPS) is 11.5. The predicted octanol–water partition coefficient (Wildman–Crippen LogP) is 3.96. The Bertz CT molecular complexity index is 1090. The number of rotatable bonds is 9. The van der Waals surface area contributed by atoms with E-state index < -0.39 is 11.6 Å². The lowest BCUT2D eigenvalue weighted by molar-refractivity contribution is -0.152. The van der Waals surface area contributed by atoms with Gasteiger partial charge in [0, 0.05) is 18.9 Å². The molecule has 0 saturated carbocycles. The van der Waals surface area contributed by atoms with Crippen LogP contribution in [0.25, 0.3) is 0 Å². The van der Waals surface area contributed by atoms with Gasteiger partial charge in [0.05, 0.1) is 6.54 Å². The summed E-state index contributed by atoms with van der Waals surface area (Å²) in [5, 5.41) is 9.17. The van der Waals surface area contributed by atoms with E-state index in [9.17, 15) is 9.59 Å². The molecule has 0 aliphatic heterocycles. The number of carbonyl (C=O) groups is 1. The maximum atomic E-state index is 12.6. The minimum atomic E-state index is -1.27. The lowest BCUT2D eigenvalue weighted by atomic mass is 10.1. The molecule has 3 rings (SSSR count). The molecule has 0 aliphatic rings. The summed E-state index contributed by atoms with van der Waals surface area (Å²) in [5.41, 5.74) is 3.20. The second-order valence-corrected chi connectivity index (χ2v) is 8.49. The average molecular weight is 423 g/mol. The van der Waals surface area contributed by atoms with Crippen molar-refractivity contribution in [3.05, 3.63) is 87.6 Å². The molecule has 1 heterocycles. The molecule has 164 valence electrons. The second-order valence-electron chi connectivity index (χ2n) is 8.49. The molecule has 1 N–H and O–H groups in total. The van der Waals surface area contributed by atoms with Gasteiger partial charge in [-0.25, -0.2) is 9.59 Å². The van der Waals surface area contributed by atoms with E-state index in [-0.39, 0.29) is 5.69 Å². The molecule has 6 nitrogen and oxygen atoms in total. The quantitative estimate of drug-likeness (QED) is 0.566. The third kappa shape index (κ3) is 5.66. The fourth-order valence-electron chi connectivity index (χ4n) is 3.41. The summed E-state index contributed by atoms with van der Waals surface area (Å²) in [6.07, 6.45) is 4.52. The first-order chi connectivity index (χ1) is 14.7.